The Labute approximate surface area is 128 Å². The van der Waals surface area contributed by atoms with E-state index in [4.69, 9.17) is 9.47 Å². The van der Waals surface area contributed by atoms with Crippen LogP contribution >= 0.6 is 0 Å². The number of carboxylic acids is 1. The summed E-state index contributed by atoms with van der Waals surface area (Å²) in [5.41, 5.74) is 1.31. The van der Waals surface area contributed by atoms with Gasteiger partial charge in [0.05, 0.1) is 25.4 Å². The van der Waals surface area contributed by atoms with Crippen molar-refractivity contribution in [2.45, 2.75) is 6.04 Å². The number of benzene rings is 1. The predicted octanol–water partition coefficient (Wildman–Crippen LogP) is 0.441. The number of anilines is 1. The third kappa shape index (κ3) is 2.59. The van der Waals surface area contributed by atoms with Crippen LogP contribution in [-0.2, 0) is 9.53 Å². The molecule has 1 saturated heterocycles. The van der Waals surface area contributed by atoms with Gasteiger partial charge in [0.25, 0.3) is 5.91 Å². The van der Waals surface area contributed by atoms with Crippen LogP contribution in [0, 0.1) is 0 Å². The van der Waals surface area contributed by atoms with Gasteiger partial charge in [-0.3, -0.25) is 4.79 Å². The molecule has 2 heterocycles. The van der Waals surface area contributed by atoms with Crippen LogP contribution in [0.5, 0.6) is 5.75 Å². The van der Waals surface area contributed by atoms with Crippen molar-refractivity contribution in [1.82, 2.24) is 4.90 Å². The van der Waals surface area contributed by atoms with Crippen molar-refractivity contribution in [3.8, 4) is 5.75 Å². The number of carbonyl (C=O) groups excluding carboxylic acids is 1. The SMILES string of the molecule is CN1CCOc2ccc(C(=O)N3CCOCC3C(=O)O)cc21. The van der Waals surface area contributed by atoms with E-state index in [9.17, 15) is 14.7 Å². The normalized spacial score (nSPS) is 21.0. The molecule has 1 amide bonds. The second-order valence-corrected chi connectivity index (χ2v) is 5.38. The number of hydrogen-bond donors (Lipinski definition) is 1. The molecule has 7 heteroatoms. The predicted molar refractivity (Wildman–Crippen MR) is 78.5 cm³/mol. The first-order valence-electron chi connectivity index (χ1n) is 7.17. The standard InChI is InChI=1S/C15H18N2O5/c1-16-4-7-22-13-3-2-10(8-11(13)16)14(18)17-5-6-21-9-12(17)15(19)20/h2-3,8,12H,4-7,9H2,1H3,(H,19,20). The summed E-state index contributed by atoms with van der Waals surface area (Å²) in [4.78, 5) is 27.3. The molecule has 2 aliphatic rings. The van der Waals surface area contributed by atoms with Crippen LogP contribution in [0.2, 0.25) is 0 Å². The molecule has 1 aromatic carbocycles. The van der Waals surface area contributed by atoms with Crippen molar-refractivity contribution < 1.29 is 24.2 Å². The van der Waals surface area contributed by atoms with E-state index in [1.165, 1.54) is 4.90 Å². The lowest BCUT2D eigenvalue weighted by Crippen LogP contribution is -2.52. The van der Waals surface area contributed by atoms with E-state index in [0.29, 0.717) is 18.8 Å². The summed E-state index contributed by atoms with van der Waals surface area (Å²) in [6.07, 6.45) is 0. The molecule has 1 unspecified atom stereocenters. The van der Waals surface area contributed by atoms with Gasteiger partial charge >= 0.3 is 5.97 Å². The zero-order chi connectivity index (χ0) is 15.7. The number of carboxylic acid groups (broad SMARTS) is 1. The molecule has 0 radical (unpaired) electrons. The smallest absolute Gasteiger partial charge is 0.328 e. The highest BCUT2D eigenvalue weighted by molar-refractivity contribution is 5.98. The Morgan fingerprint density at radius 1 is 1.27 bits per heavy atom. The van der Waals surface area contributed by atoms with Gasteiger partial charge < -0.3 is 24.4 Å². The van der Waals surface area contributed by atoms with Crippen LogP contribution in [0.4, 0.5) is 5.69 Å². The molecule has 3 rings (SSSR count). The Morgan fingerprint density at radius 2 is 2.09 bits per heavy atom. The minimum atomic E-state index is -1.05. The summed E-state index contributed by atoms with van der Waals surface area (Å²) in [7, 11) is 1.93. The second kappa shape index (κ2) is 5.84. The van der Waals surface area contributed by atoms with Gasteiger partial charge in [0.1, 0.15) is 12.4 Å². The molecule has 0 spiro atoms. The highest BCUT2D eigenvalue weighted by atomic mass is 16.5. The third-order valence-electron chi connectivity index (χ3n) is 3.98. The van der Waals surface area contributed by atoms with Crippen LogP contribution in [0.1, 0.15) is 10.4 Å². The summed E-state index contributed by atoms with van der Waals surface area (Å²) in [5.74, 6) is -0.606. The molecule has 1 atom stereocenters. The third-order valence-corrected chi connectivity index (χ3v) is 3.98. The van der Waals surface area contributed by atoms with E-state index in [1.54, 1.807) is 18.2 Å². The monoisotopic (exact) mass is 306 g/mol. The Kier molecular flexibility index (Phi) is 3.89. The van der Waals surface area contributed by atoms with Crippen LogP contribution in [0.15, 0.2) is 18.2 Å². The molecular weight excluding hydrogens is 288 g/mol. The average molecular weight is 306 g/mol. The molecule has 2 aliphatic heterocycles. The number of fused-ring (bicyclic) bond motifs is 1. The van der Waals surface area contributed by atoms with Crippen molar-refractivity contribution in [1.29, 1.82) is 0 Å². The fraction of sp³-hybridized carbons (Fsp3) is 0.467. The highest BCUT2D eigenvalue weighted by Crippen LogP contribution is 2.32. The van der Waals surface area contributed by atoms with Gasteiger partial charge in [0.2, 0.25) is 0 Å². The lowest BCUT2D eigenvalue weighted by Gasteiger charge is -2.33. The molecule has 0 bridgehead atoms. The lowest BCUT2D eigenvalue weighted by atomic mass is 10.1. The molecule has 7 nitrogen and oxygen atoms in total. The van der Waals surface area contributed by atoms with Crippen molar-refractivity contribution in [2.24, 2.45) is 0 Å². The van der Waals surface area contributed by atoms with E-state index in [1.807, 2.05) is 11.9 Å². The topological polar surface area (TPSA) is 79.3 Å². The quantitative estimate of drug-likeness (QED) is 0.854. The van der Waals surface area contributed by atoms with E-state index >= 15 is 0 Å². The zero-order valence-corrected chi connectivity index (χ0v) is 12.3. The number of carbonyl (C=O) groups is 2. The first kappa shape index (κ1) is 14.6. The number of nitrogens with zero attached hydrogens (tertiary/aromatic N) is 2. The van der Waals surface area contributed by atoms with Gasteiger partial charge in [-0.1, -0.05) is 0 Å². The van der Waals surface area contributed by atoms with E-state index in [2.05, 4.69) is 0 Å². The number of rotatable bonds is 2. The van der Waals surface area contributed by atoms with Gasteiger partial charge in [-0.25, -0.2) is 4.79 Å². The molecule has 22 heavy (non-hydrogen) atoms. The first-order valence-corrected chi connectivity index (χ1v) is 7.17. The highest BCUT2D eigenvalue weighted by Gasteiger charge is 2.33. The van der Waals surface area contributed by atoms with E-state index in [-0.39, 0.29) is 19.1 Å². The molecule has 0 saturated carbocycles. The van der Waals surface area contributed by atoms with Gasteiger partial charge in [0.15, 0.2) is 6.04 Å². The minimum Gasteiger partial charge on any atom is -0.490 e. The molecule has 1 aromatic rings. The number of aliphatic carboxylic acids is 1. The Balaban J connectivity index is 1.88. The summed E-state index contributed by atoms with van der Waals surface area (Å²) < 4.78 is 10.7. The van der Waals surface area contributed by atoms with Gasteiger partial charge in [-0.2, -0.15) is 0 Å². The fourth-order valence-electron chi connectivity index (χ4n) is 2.70. The fourth-order valence-corrected chi connectivity index (χ4v) is 2.70. The first-order chi connectivity index (χ1) is 10.6. The average Bonchev–Trinajstić information content (AvgIpc) is 2.54. The van der Waals surface area contributed by atoms with Gasteiger partial charge in [-0.05, 0) is 18.2 Å². The molecular formula is C15H18N2O5. The van der Waals surface area contributed by atoms with Crippen LogP contribution < -0.4 is 9.64 Å². The molecule has 118 valence electrons. The van der Waals surface area contributed by atoms with Crippen LogP contribution in [-0.4, -0.2) is 67.9 Å². The maximum absolute atomic E-state index is 12.7. The van der Waals surface area contributed by atoms with Crippen molar-refractivity contribution >= 4 is 17.6 Å². The summed E-state index contributed by atoms with van der Waals surface area (Å²) in [6, 6.07) is 4.25. The minimum absolute atomic E-state index is 0.0228. The zero-order valence-electron chi connectivity index (χ0n) is 12.3. The molecule has 0 aliphatic carbocycles. The Bertz CT molecular complexity index is 604. The number of amides is 1. The van der Waals surface area contributed by atoms with Crippen LogP contribution in [0.25, 0.3) is 0 Å². The van der Waals surface area contributed by atoms with E-state index in [0.717, 1.165) is 18.0 Å². The number of likely N-dealkylation sites (N-methyl/N-ethyl adjacent to an activating group) is 1. The van der Waals surface area contributed by atoms with Crippen molar-refractivity contribution in [2.75, 3.05) is 44.9 Å². The van der Waals surface area contributed by atoms with Crippen molar-refractivity contribution in [3.63, 3.8) is 0 Å². The van der Waals surface area contributed by atoms with Crippen LogP contribution in [0.3, 0.4) is 0 Å². The van der Waals surface area contributed by atoms with Gasteiger partial charge in [-0.15, -0.1) is 0 Å². The van der Waals surface area contributed by atoms with Gasteiger partial charge in [0, 0.05) is 19.2 Å². The molecule has 0 aromatic heterocycles. The Hall–Kier alpha value is -2.28. The largest absolute Gasteiger partial charge is 0.490 e. The number of morpholine rings is 1. The van der Waals surface area contributed by atoms with E-state index < -0.39 is 12.0 Å². The molecule has 1 N–H and O–H groups in total. The summed E-state index contributed by atoms with van der Waals surface area (Å²) in [6.45, 7) is 2.01. The lowest BCUT2D eigenvalue weighted by molar-refractivity contribution is -0.147. The summed E-state index contributed by atoms with van der Waals surface area (Å²) >= 11 is 0. The van der Waals surface area contributed by atoms with Crippen molar-refractivity contribution in [3.05, 3.63) is 23.8 Å². The Morgan fingerprint density at radius 3 is 2.86 bits per heavy atom. The molecule has 1 fully saturated rings. The summed E-state index contributed by atoms with van der Waals surface area (Å²) in [5, 5.41) is 9.24. The second-order valence-electron chi connectivity index (χ2n) is 5.38. The maximum Gasteiger partial charge on any atom is 0.328 e. The number of hydrogen-bond acceptors (Lipinski definition) is 5. The maximum atomic E-state index is 12.7. The number of ether oxygens (including phenoxy) is 2.